The number of thiophene rings is 1. The average molecular weight is 620 g/mol. The number of fused-ring (bicyclic) bond motifs is 1. The van der Waals surface area contributed by atoms with Gasteiger partial charge in [-0.25, -0.2) is 9.59 Å². The Hall–Kier alpha value is -4.66. The van der Waals surface area contributed by atoms with Crippen LogP contribution in [0.5, 0.6) is 5.75 Å². The van der Waals surface area contributed by atoms with Crippen LogP contribution in [0, 0.1) is 0 Å². The molecule has 5 rings (SSSR count). The summed E-state index contributed by atoms with van der Waals surface area (Å²) in [4.78, 5) is 54.4. The lowest BCUT2D eigenvalue weighted by Gasteiger charge is -2.35. The number of halogens is 3. The molecular formula is C28H28F3N5O6S. The molecule has 0 radical (unpaired) electrons. The van der Waals surface area contributed by atoms with Gasteiger partial charge in [0.05, 0.1) is 17.4 Å². The van der Waals surface area contributed by atoms with Gasteiger partial charge in [0, 0.05) is 30.6 Å². The minimum Gasteiger partial charge on any atom is -0.495 e. The van der Waals surface area contributed by atoms with E-state index in [1.54, 1.807) is 12.0 Å². The van der Waals surface area contributed by atoms with Gasteiger partial charge in [0.1, 0.15) is 22.1 Å². The maximum Gasteiger partial charge on any atom is 0.490 e. The predicted molar refractivity (Wildman–Crippen MR) is 154 cm³/mol. The molecule has 0 unspecified atom stereocenters. The van der Waals surface area contributed by atoms with Crippen LogP contribution in [0.4, 0.5) is 23.0 Å². The molecule has 43 heavy (non-hydrogen) atoms. The van der Waals surface area contributed by atoms with Crippen LogP contribution in [0.25, 0.3) is 10.1 Å². The van der Waals surface area contributed by atoms with Crippen molar-refractivity contribution in [3.63, 3.8) is 0 Å². The number of hydrogen-bond donors (Lipinski definition) is 4. The molecule has 2 aliphatic heterocycles. The van der Waals surface area contributed by atoms with Gasteiger partial charge in [0.2, 0.25) is 0 Å². The number of aliphatic imine (C=N–C) groups is 1. The van der Waals surface area contributed by atoms with Gasteiger partial charge in [0.15, 0.2) is 0 Å². The summed E-state index contributed by atoms with van der Waals surface area (Å²) in [5.41, 5.74) is 0.422. The van der Waals surface area contributed by atoms with Crippen molar-refractivity contribution in [3.05, 3.63) is 59.7 Å². The third-order valence-electron chi connectivity index (χ3n) is 6.83. The molecule has 0 aliphatic carbocycles. The van der Waals surface area contributed by atoms with Crippen molar-refractivity contribution < 1.29 is 42.2 Å². The number of piperidine rings is 1. The third-order valence-corrected chi connectivity index (χ3v) is 7.96. The molecule has 0 atom stereocenters. The number of ether oxygens (including phenoxy) is 1. The second-order valence-corrected chi connectivity index (χ2v) is 10.6. The van der Waals surface area contributed by atoms with Gasteiger partial charge >= 0.3 is 18.2 Å². The molecule has 0 bridgehead atoms. The van der Waals surface area contributed by atoms with E-state index in [4.69, 9.17) is 19.6 Å². The van der Waals surface area contributed by atoms with Crippen molar-refractivity contribution in [1.82, 2.24) is 15.5 Å². The summed E-state index contributed by atoms with van der Waals surface area (Å²) in [6.07, 6.45) is -4.24. The van der Waals surface area contributed by atoms with Crippen LogP contribution >= 0.6 is 11.3 Å². The first-order valence-electron chi connectivity index (χ1n) is 13.1. The summed E-state index contributed by atoms with van der Waals surface area (Å²) in [5.74, 6) is -1.87. The third kappa shape index (κ3) is 6.71. The number of anilines is 1. The molecule has 11 nitrogen and oxygen atoms in total. The van der Waals surface area contributed by atoms with E-state index in [1.807, 2.05) is 55.5 Å². The van der Waals surface area contributed by atoms with Gasteiger partial charge in [0.25, 0.3) is 11.8 Å². The fraction of sp³-hybridized carbons (Fsp3) is 0.321. The number of amides is 4. The Morgan fingerprint density at radius 3 is 2.35 bits per heavy atom. The second kappa shape index (κ2) is 12.7. The molecule has 4 amide bonds. The number of alkyl halides is 3. The van der Waals surface area contributed by atoms with Gasteiger partial charge in [-0.2, -0.15) is 13.2 Å². The van der Waals surface area contributed by atoms with Crippen LogP contribution < -0.4 is 20.7 Å². The van der Waals surface area contributed by atoms with E-state index in [0.717, 1.165) is 15.6 Å². The second-order valence-electron chi connectivity index (χ2n) is 9.53. The van der Waals surface area contributed by atoms with Crippen LogP contribution in [-0.2, 0) is 9.59 Å². The predicted octanol–water partition coefficient (Wildman–Crippen LogP) is 4.24. The number of aliphatic carboxylic acids is 1. The van der Waals surface area contributed by atoms with Crippen molar-refractivity contribution in [1.29, 1.82) is 0 Å². The number of carbonyl (C=O) groups is 4. The number of carboxylic acid groups (broad SMARTS) is 1. The number of methoxy groups -OCH3 is 1. The molecule has 4 N–H and O–H groups in total. The molecule has 1 spiro atoms. The summed E-state index contributed by atoms with van der Waals surface area (Å²) in [6.45, 7) is 3.04. The van der Waals surface area contributed by atoms with Gasteiger partial charge in [-0.15, -0.1) is 11.3 Å². The first-order valence-corrected chi connectivity index (χ1v) is 13.9. The molecule has 2 aromatic carbocycles. The normalized spacial score (nSPS) is 15.7. The number of urea groups is 1. The van der Waals surface area contributed by atoms with E-state index in [-0.39, 0.29) is 17.8 Å². The quantitative estimate of drug-likeness (QED) is 0.336. The fourth-order valence-corrected chi connectivity index (χ4v) is 5.87. The highest BCUT2D eigenvalue weighted by atomic mass is 32.1. The van der Waals surface area contributed by atoms with Gasteiger partial charge in [-0.05, 0) is 25.8 Å². The number of hydrogen-bond acceptors (Lipinski definition) is 7. The van der Waals surface area contributed by atoms with Crippen molar-refractivity contribution in [2.75, 3.05) is 32.1 Å². The highest BCUT2D eigenvalue weighted by molar-refractivity contribution is 7.23. The largest absolute Gasteiger partial charge is 0.495 e. The first kappa shape index (κ1) is 31.3. The van der Waals surface area contributed by atoms with E-state index in [1.165, 1.54) is 11.3 Å². The highest BCUT2D eigenvalue weighted by Crippen LogP contribution is 2.42. The maximum atomic E-state index is 13.8. The maximum absolute atomic E-state index is 13.8. The topological polar surface area (TPSA) is 149 Å². The molecule has 3 heterocycles. The lowest BCUT2D eigenvalue weighted by molar-refractivity contribution is -0.192. The summed E-state index contributed by atoms with van der Waals surface area (Å²) in [7, 11) is 1.58. The Morgan fingerprint density at radius 2 is 1.77 bits per heavy atom. The standard InChI is InChI=1S/C26H27N5O4S.C2HF3O2/c1-3-27-25(34)29-22-19(17-10-7-11-18(35-2)20(17)36-22)23(32)31-14-12-26(13-15-31)24(33)28-21(30-26)16-8-5-4-6-9-16;3-2(4,5)1(6)7/h4-11H,3,12-15H2,1-2H3,(H2,27,29,34)(H,28,30,33);(H,6,7). The number of carbonyl (C=O) groups excluding carboxylic acids is 3. The van der Waals surface area contributed by atoms with Crippen molar-refractivity contribution in [2.45, 2.75) is 31.5 Å². The van der Waals surface area contributed by atoms with Gasteiger partial charge < -0.3 is 25.4 Å². The molecule has 228 valence electrons. The Kier molecular flexibility index (Phi) is 9.23. The summed E-state index contributed by atoms with van der Waals surface area (Å²) < 4.78 is 38.0. The van der Waals surface area contributed by atoms with Crippen LogP contribution in [0.1, 0.15) is 35.7 Å². The summed E-state index contributed by atoms with van der Waals surface area (Å²) in [5, 5.41) is 16.8. The zero-order valence-electron chi connectivity index (χ0n) is 23.1. The zero-order valence-corrected chi connectivity index (χ0v) is 23.9. The molecule has 1 aromatic heterocycles. The minimum atomic E-state index is -5.08. The van der Waals surface area contributed by atoms with E-state index in [2.05, 4.69) is 16.0 Å². The van der Waals surface area contributed by atoms with Crippen molar-refractivity contribution >= 4 is 56.1 Å². The number of nitrogens with one attached hydrogen (secondary N) is 3. The number of benzene rings is 2. The van der Waals surface area contributed by atoms with E-state index in [9.17, 15) is 27.6 Å². The van der Waals surface area contributed by atoms with E-state index in [0.29, 0.717) is 54.6 Å². The van der Waals surface area contributed by atoms with Gasteiger partial charge in [-0.3, -0.25) is 19.9 Å². The number of likely N-dealkylation sites (tertiary alicyclic amines) is 1. The highest BCUT2D eigenvalue weighted by Gasteiger charge is 2.47. The molecule has 0 saturated carbocycles. The Morgan fingerprint density at radius 1 is 1.12 bits per heavy atom. The molecule has 1 saturated heterocycles. The van der Waals surface area contributed by atoms with Crippen LogP contribution in [-0.4, -0.2) is 78.1 Å². The molecule has 15 heteroatoms. The molecular weight excluding hydrogens is 591 g/mol. The van der Waals surface area contributed by atoms with Crippen molar-refractivity contribution in [2.24, 2.45) is 4.99 Å². The number of amidine groups is 1. The number of nitrogens with zero attached hydrogens (tertiary/aromatic N) is 2. The smallest absolute Gasteiger partial charge is 0.490 e. The monoisotopic (exact) mass is 619 g/mol. The summed E-state index contributed by atoms with van der Waals surface area (Å²) >= 11 is 1.31. The summed E-state index contributed by atoms with van der Waals surface area (Å²) in [6, 6.07) is 14.7. The minimum absolute atomic E-state index is 0.127. The van der Waals surface area contributed by atoms with Crippen LogP contribution in [0.15, 0.2) is 53.5 Å². The van der Waals surface area contributed by atoms with Crippen LogP contribution in [0.3, 0.4) is 0 Å². The lowest BCUT2D eigenvalue weighted by Crippen LogP contribution is -2.50. The number of carboxylic acids is 1. The molecule has 2 aliphatic rings. The van der Waals surface area contributed by atoms with E-state index >= 15 is 0 Å². The Balaban J connectivity index is 0.000000541. The molecule has 1 fully saturated rings. The first-order chi connectivity index (χ1) is 20.4. The fourth-order valence-electron chi connectivity index (χ4n) is 4.69. The van der Waals surface area contributed by atoms with Gasteiger partial charge in [-0.1, -0.05) is 42.5 Å². The zero-order chi connectivity index (χ0) is 31.4. The lowest BCUT2D eigenvalue weighted by atomic mass is 9.87. The SMILES string of the molecule is CCNC(=O)Nc1sc2c(OC)cccc2c1C(=O)N1CCC2(CC1)N=C(c1ccccc1)NC2=O.O=C(O)C(F)(F)F. The van der Waals surface area contributed by atoms with Crippen molar-refractivity contribution in [3.8, 4) is 5.75 Å². The average Bonchev–Trinajstić information content (AvgIpc) is 3.50. The number of rotatable bonds is 5. The van der Waals surface area contributed by atoms with E-state index < -0.39 is 17.7 Å². The Labute approximate surface area is 247 Å². The van der Waals surface area contributed by atoms with Crippen LogP contribution in [0.2, 0.25) is 0 Å². The Bertz CT molecular complexity index is 1570. The molecule has 3 aromatic rings.